The maximum absolute atomic E-state index is 12.5. The molecule has 0 aliphatic heterocycles. The molecule has 0 amide bonds. The molecule has 1 rings (SSSR count). The van der Waals surface area contributed by atoms with E-state index in [9.17, 15) is 13.2 Å². The zero-order valence-corrected chi connectivity index (χ0v) is 11.8. The van der Waals surface area contributed by atoms with Crippen LogP contribution in [0, 0.1) is 0 Å². The molecule has 0 aliphatic carbocycles. The van der Waals surface area contributed by atoms with Gasteiger partial charge in [-0.05, 0) is 19.0 Å². The minimum Gasteiger partial charge on any atom is -0.314 e. The van der Waals surface area contributed by atoms with E-state index in [2.05, 4.69) is 17.2 Å². The van der Waals surface area contributed by atoms with Crippen molar-refractivity contribution in [2.24, 2.45) is 0 Å². The summed E-state index contributed by atoms with van der Waals surface area (Å²) in [5.41, 5.74) is -0.300. The second-order valence-corrected chi connectivity index (χ2v) is 4.80. The molecule has 1 unspecified atom stereocenters. The van der Waals surface area contributed by atoms with E-state index in [1.807, 2.05) is 6.92 Å². The first-order valence-corrected chi connectivity index (χ1v) is 6.71. The summed E-state index contributed by atoms with van der Waals surface area (Å²) in [4.78, 5) is 3.86. The van der Waals surface area contributed by atoms with Gasteiger partial charge in [-0.25, -0.2) is 0 Å². The number of hydrogen-bond acceptors (Lipinski definition) is 2. The third-order valence-electron chi connectivity index (χ3n) is 2.81. The van der Waals surface area contributed by atoms with Crippen molar-refractivity contribution < 1.29 is 13.2 Å². The minimum atomic E-state index is -4.40. The first-order chi connectivity index (χ1) is 8.88. The highest BCUT2D eigenvalue weighted by atomic mass is 35.5. The highest BCUT2D eigenvalue weighted by Crippen LogP contribution is 2.31. The van der Waals surface area contributed by atoms with Gasteiger partial charge in [-0.2, -0.15) is 13.2 Å². The van der Waals surface area contributed by atoms with Gasteiger partial charge in [-0.3, -0.25) is 4.98 Å². The van der Waals surface area contributed by atoms with E-state index in [1.54, 1.807) is 0 Å². The first kappa shape index (κ1) is 16.2. The van der Waals surface area contributed by atoms with Crippen LogP contribution in [-0.4, -0.2) is 17.6 Å². The van der Waals surface area contributed by atoms with Crippen LogP contribution in [0.1, 0.15) is 37.9 Å². The molecule has 1 heterocycles. The standard InChI is InChI=1S/C13H18ClF3N2/c1-3-5-10(18-4-2)7-12-11(14)6-9(8-19-12)13(15,16)17/h6,8,10,18H,3-5,7H2,1-2H3. The van der Waals surface area contributed by atoms with Crippen LogP contribution in [0.4, 0.5) is 13.2 Å². The summed E-state index contributed by atoms with van der Waals surface area (Å²) in [5.74, 6) is 0. The zero-order chi connectivity index (χ0) is 14.5. The summed E-state index contributed by atoms with van der Waals surface area (Å²) >= 11 is 5.89. The van der Waals surface area contributed by atoms with E-state index in [4.69, 9.17) is 11.6 Å². The predicted molar refractivity (Wildman–Crippen MR) is 70.3 cm³/mol. The molecular weight excluding hydrogens is 277 g/mol. The highest BCUT2D eigenvalue weighted by molar-refractivity contribution is 6.31. The van der Waals surface area contributed by atoms with Crippen LogP contribution >= 0.6 is 11.6 Å². The van der Waals surface area contributed by atoms with E-state index in [0.29, 0.717) is 12.1 Å². The fraction of sp³-hybridized carbons (Fsp3) is 0.615. The van der Waals surface area contributed by atoms with Gasteiger partial charge in [-0.1, -0.05) is 31.9 Å². The molecule has 0 bridgehead atoms. The van der Waals surface area contributed by atoms with Crippen LogP contribution in [-0.2, 0) is 12.6 Å². The first-order valence-electron chi connectivity index (χ1n) is 6.33. The molecule has 0 aliphatic rings. The van der Waals surface area contributed by atoms with Crippen molar-refractivity contribution in [3.05, 3.63) is 28.5 Å². The zero-order valence-electron chi connectivity index (χ0n) is 11.0. The van der Waals surface area contributed by atoms with Gasteiger partial charge >= 0.3 is 6.18 Å². The molecule has 1 aromatic rings. The van der Waals surface area contributed by atoms with Gasteiger partial charge in [0.25, 0.3) is 0 Å². The number of hydrogen-bond donors (Lipinski definition) is 1. The summed E-state index contributed by atoms with van der Waals surface area (Å²) in [6.45, 7) is 4.86. The van der Waals surface area contributed by atoms with Gasteiger partial charge in [0.05, 0.1) is 16.3 Å². The smallest absolute Gasteiger partial charge is 0.314 e. The van der Waals surface area contributed by atoms with Crippen molar-refractivity contribution >= 4 is 11.6 Å². The average Bonchev–Trinajstić information content (AvgIpc) is 2.31. The summed E-state index contributed by atoms with van der Waals surface area (Å²) in [5, 5.41) is 3.36. The molecule has 1 N–H and O–H groups in total. The van der Waals surface area contributed by atoms with E-state index >= 15 is 0 Å². The molecule has 0 saturated heterocycles. The van der Waals surface area contributed by atoms with Gasteiger partial charge in [0.2, 0.25) is 0 Å². The minimum absolute atomic E-state index is 0.0776. The van der Waals surface area contributed by atoms with Gasteiger partial charge in [0, 0.05) is 18.7 Å². The maximum Gasteiger partial charge on any atom is 0.417 e. The second-order valence-electron chi connectivity index (χ2n) is 4.40. The van der Waals surface area contributed by atoms with Crippen LogP contribution < -0.4 is 5.32 Å². The van der Waals surface area contributed by atoms with Gasteiger partial charge in [0.1, 0.15) is 0 Å². The van der Waals surface area contributed by atoms with Crippen LogP contribution in [0.25, 0.3) is 0 Å². The molecule has 1 aromatic heterocycles. The fourth-order valence-electron chi connectivity index (χ4n) is 1.92. The summed E-state index contributed by atoms with van der Waals surface area (Å²) in [6, 6.07) is 1.13. The lowest BCUT2D eigenvalue weighted by Crippen LogP contribution is -2.31. The Morgan fingerprint density at radius 2 is 2.05 bits per heavy atom. The number of nitrogens with zero attached hydrogens (tertiary/aromatic N) is 1. The van der Waals surface area contributed by atoms with Crippen molar-refractivity contribution in [2.75, 3.05) is 6.54 Å². The molecule has 19 heavy (non-hydrogen) atoms. The summed E-state index contributed by atoms with van der Waals surface area (Å²) < 4.78 is 37.5. The Balaban J connectivity index is 2.84. The van der Waals surface area contributed by atoms with Crippen LogP contribution in [0.15, 0.2) is 12.3 Å². The Labute approximate surface area is 116 Å². The average molecular weight is 295 g/mol. The number of nitrogens with one attached hydrogen (secondary N) is 1. The largest absolute Gasteiger partial charge is 0.417 e. The van der Waals surface area contributed by atoms with E-state index in [0.717, 1.165) is 31.6 Å². The van der Waals surface area contributed by atoms with Gasteiger partial charge in [0.15, 0.2) is 0 Å². The van der Waals surface area contributed by atoms with Crippen LogP contribution in [0.5, 0.6) is 0 Å². The monoisotopic (exact) mass is 294 g/mol. The lowest BCUT2D eigenvalue weighted by molar-refractivity contribution is -0.137. The van der Waals surface area contributed by atoms with E-state index in [1.165, 1.54) is 0 Å². The highest BCUT2D eigenvalue weighted by Gasteiger charge is 2.31. The Kier molecular flexibility index (Phi) is 6.07. The molecule has 1 atom stereocenters. The predicted octanol–water partition coefficient (Wildman–Crippen LogP) is 4.07. The molecular formula is C13H18ClF3N2. The van der Waals surface area contributed by atoms with Crippen LogP contribution in [0.2, 0.25) is 5.02 Å². The van der Waals surface area contributed by atoms with Crippen molar-refractivity contribution in [1.29, 1.82) is 0 Å². The topological polar surface area (TPSA) is 24.9 Å². The number of likely N-dealkylation sites (N-methyl/N-ethyl adjacent to an activating group) is 1. The normalized spacial score (nSPS) is 13.6. The molecule has 0 saturated carbocycles. The van der Waals surface area contributed by atoms with E-state index in [-0.39, 0.29) is 11.1 Å². The number of halogens is 4. The Morgan fingerprint density at radius 1 is 1.37 bits per heavy atom. The number of rotatable bonds is 6. The Bertz CT molecular complexity index is 401. The summed E-state index contributed by atoms with van der Waals surface area (Å²) in [7, 11) is 0. The quantitative estimate of drug-likeness (QED) is 0.855. The lowest BCUT2D eigenvalue weighted by Gasteiger charge is -2.17. The number of aromatic nitrogens is 1. The third kappa shape index (κ3) is 4.99. The van der Waals surface area contributed by atoms with Gasteiger partial charge in [-0.15, -0.1) is 0 Å². The lowest BCUT2D eigenvalue weighted by atomic mass is 10.1. The second kappa shape index (κ2) is 7.10. The van der Waals surface area contributed by atoms with Crippen molar-refractivity contribution in [3.8, 4) is 0 Å². The molecule has 0 spiro atoms. The molecule has 108 valence electrons. The summed E-state index contributed by atoms with van der Waals surface area (Å²) in [6.07, 6.45) is -1.09. The van der Waals surface area contributed by atoms with Crippen molar-refractivity contribution in [1.82, 2.24) is 10.3 Å². The molecule has 0 aromatic carbocycles. The number of pyridine rings is 1. The number of alkyl halides is 3. The molecule has 6 heteroatoms. The van der Waals surface area contributed by atoms with Crippen LogP contribution in [0.3, 0.4) is 0 Å². The SMILES string of the molecule is CCCC(Cc1ncc(C(F)(F)F)cc1Cl)NCC. The fourth-order valence-corrected chi connectivity index (χ4v) is 2.16. The molecule has 0 radical (unpaired) electrons. The van der Waals surface area contributed by atoms with Crippen molar-refractivity contribution in [3.63, 3.8) is 0 Å². The third-order valence-corrected chi connectivity index (χ3v) is 3.14. The maximum atomic E-state index is 12.5. The molecule has 0 fully saturated rings. The van der Waals surface area contributed by atoms with Crippen molar-refractivity contribution in [2.45, 2.75) is 45.3 Å². The Hall–Kier alpha value is -0.810. The van der Waals surface area contributed by atoms with E-state index < -0.39 is 11.7 Å². The van der Waals surface area contributed by atoms with Gasteiger partial charge < -0.3 is 5.32 Å². The Morgan fingerprint density at radius 3 is 2.53 bits per heavy atom. The molecule has 2 nitrogen and oxygen atoms in total.